The fraction of sp³-hybridized carbons (Fsp3) is 0.222. The molecule has 0 aromatic rings. The Hall–Kier alpha value is -3.82. The van der Waals surface area contributed by atoms with Crippen LogP contribution in [0.3, 0.4) is 0 Å². The highest BCUT2D eigenvalue weighted by Crippen LogP contribution is 2.35. The van der Waals surface area contributed by atoms with E-state index in [1.807, 2.05) is 0 Å². The van der Waals surface area contributed by atoms with Gasteiger partial charge in [0.1, 0.15) is 11.8 Å². The van der Waals surface area contributed by atoms with E-state index < -0.39 is 47.3 Å². The van der Waals surface area contributed by atoms with E-state index in [2.05, 4.69) is 4.99 Å². The third-order valence-corrected chi connectivity index (χ3v) is 4.46. The quantitative estimate of drug-likeness (QED) is 0.434. The Labute approximate surface area is 157 Å². The molecule has 0 saturated carbocycles. The molecule has 0 amide bonds. The normalized spacial score (nSPS) is 24.4. The number of fused-ring (bicyclic) bond motifs is 1. The van der Waals surface area contributed by atoms with Crippen molar-refractivity contribution < 1.29 is 39.3 Å². The molecule has 10 heteroatoms. The first-order valence-corrected chi connectivity index (χ1v) is 8.12. The fourth-order valence-corrected chi connectivity index (χ4v) is 3.12. The number of hydrogen-bond donors (Lipinski definition) is 3. The molecule has 0 spiro atoms. The van der Waals surface area contributed by atoms with Gasteiger partial charge in [0.05, 0.1) is 0 Å². The van der Waals surface area contributed by atoms with Crippen molar-refractivity contribution in [3.8, 4) is 0 Å². The first-order chi connectivity index (χ1) is 13.2. The van der Waals surface area contributed by atoms with Crippen LogP contribution in [0.1, 0.15) is 12.8 Å². The molecule has 0 aromatic carbocycles. The number of nitrogens with zero attached hydrogens (tertiary/aromatic N) is 2. The molecule has 0 aromatic heterocycles. The van der Waals surface area contributed by atoms with Gasteiger partial charge in [-0.2, -0.15) is 0 Å². The zero-order chi connectivity index (χ0) is 20.6. The molecule has 2 aliphatic heterocycles. The van der Waals surface area contributed by atoms with Crippen molar-refractivity contribution in [1.82, 2.24) is 4.90 Å². The summed E-state index contributed by atoms with van der Waals surface area (Å²) in [4.78, 5) is 62.1. The lowest BCUT2D eigenvalue weighted by atomic mass is 10.0. The molecule has 1 fully saturated rings. The number of dihydropyridines is 1. The predicted molar refractivity (Wildman–Crippen MR) is 92.4 cm³/mol. The van der Waals surface area contributed by atoms with Gasteiger partial charge in [0.15, 0.2) is 6.04 Å². The van der Waals surface area contributed by atoms with E-state index in [9.17, 15) is 29.1 Å². The summed E-state index contributed by atoms with van der Waals surface area (Å²) in [5, 5.41) is 27.7. The molecular formula is C18H14N2O8. The van der Waals surface area contributed by atoms with E-state index in [1.165, 1.54) is 23.3 Å². The van der Waals surface area contributed by atoms with Crippen LogP contribution in [0.25, 0.3) is 0 Å². The van der Waals surface area contributed by atoms with Crippen molar-refractivity contribution in [2.75, 3.05) is 0 Å². The van der Waals surface area contributed by atoms with Crippen LogP contribution < -0.4 is 0 Å². The van der Waals surface area contributed by atoms with Crippen molar-refractivity contribution in [2.45, 2.75) is 24.9 Å². The third-order valence-electron chi connectivity index (χ3n) is 4.46. The summed E-state index contributed by atoms with van der Waals surface area (Å²) in [6.45, 7) is 0. The molecule has 3 N–H and O–H groups in total. The number of hydrogen-bond acceptors (Lipinski definition) is 7. The van der Waals surface area contributed by atoms with Crippen molar-refractivity contribution in [3.05, 3.63) is 47.3 Å². The Bertz CT molecular complexity index is 966. The van der Waals surface area contributed by atoms with Gasteiger partial charge in [-0.3, -0.25) is 14.6 Å². The van der Waals surface area contributed by atoms with Crippen LogP contribution in [0.2, 0.25) is 0 Å². The number of carbonyl (C=O) groups excluding carboxylic acids is 2. The summed E-state index contributed by atoms with van der Waals surface area (Å²) in [5.41, 5.74) is 0.579. The molecule has 28 heavy (non-hydrogen) atoms. The standard InChI is InChI=1S/C18H14N2O8/c21-14-6-9-5-13(18(27)28)20(12(9)7-15(14)22)2-1-8-3-10(16(23)24)19-11(4-8)17(25)26/h1-3,6-7,11,13H,4-5H2,(H,23,24)(H,25,26)(H,27,28)/b2-1+. The SMILES string of the molecule is O=C(O)C1=NC(C(=O)O)CC(/C=C/N2C3=CC(=O)C(=O)C=C3CC2C(=O)O)=C1. The Morgan fingerprint density at radius 2 is 1.68 bits per heavy atom. The lowest BCUT2D eigenvalue weighted by molar-refractivity contribution is -0.141. The van der Waals surface area contributed by atoms with Gasteiger partial charge in [0.25, 0.3) is 0 Å². The molecule has 2 unspecified atom stereocenters. The molecule has 0 radical (unpaired) electrons. The van der Waals surface area contributed by atoms with Crippen LogP contribution in [-0.4, -0.2) is 67.5 Å². The smallest absolute Gasteiger partial charge is 0.354 e. The van der Waals surface area contributed by atoms with Crippen LogP contribution in [0.5, 0.6) is 0 Å². The van der Waals surface area contributed by atoms with Gasteiger partial charge in [0.2, 0.25) is 11.6 Å². The van der Waals surface area contributed by atoms with Crippen LogP contribution >= 0.6 is 0 Å². The van der Waals surface area contributed by atoms with Gasteiger partial charge in [-0.15, -0.1) is 0 Å². The molecular weight excluding hydrogens is 372 g/mol. The zero-order valence-corrected chi connectivity index (χ0v) is 14.2. The number of allylic oxidation sites excluding steroid dienone is 4. The van der Waals surface area contributed by atoms with Gasteiger partial charge >= 0.3 is 17.9 Å². The number of rotatable bonds is 5. The highest BCUT2D eigenvalue weighted by Gasteiger charge is 2.38. The fourth-order valence-electron chi connectivity index (χ4n) is 3.12. The van der Waals surface area contributed by atoms with Crippen molar-refractivity contribution in [3.63, 3.8) is 0 Å². The Kier molecular flexibility index (Phi) is 4.78. The Morgan fingerprint density at radius 3 is 2.29 bits per heavy atom. The number of carboxylic acid groups (broad SMARTS) is 3. The number of likely N-dealkylation sites (tertiary alicyclic amines) is 1. The van der Waals surface area contributed by atoms with Crippen LogP contribution in [0, 0.1) is 0 Å². The molecule has 1 saturated heterocycles. The maximum atomic E-state index is 11.7. The summed E-state index contributed by atoms with van der Waals surface area (Å²) >= 11 is 0. The molecule has 2 atom stereocenters. The van der Waals surface area contributed by atoms with Crippen molar-refractivity contribution >= 4 is 35.2 Å². The number of aliphatic imine (C=N–C) groups is 1. The van der Waals surface area contributed by atoms with E-state index in [0.29, 0.717) is 11.1 Å². The molecule has 3 aliphatic rings. The number of aliphatic carboxylic acids is 3. The van der Waals surface area contributed by atoms with Crippen molar-refractivity contribution in [1.29, 1.82) is 0 Å². The maximum absolute atomic E-state index is 11.7. The Balaban J connectivity index is 1.93. The minimum absolute atomic E-state index is 0.0170. The summed E-state index contributed by atoms with van der Waals surface area (Å²) < 4.78 is 0. The zero-order valence-electron chi connectivity index (χ0n) is 14.2. The average Bonchev–Trinajstić information content (AvgIpc) is 2.97. The highest BCUT2D eigenvalue weighted by atomic mass is 16.4. The first-order valence-electron chi connectivity index (χ1n) is 8.12. The van der Waals surface area contributed by atoms with Crippen molar-refractivity contribution in [2.24, 2.45) is 4.99 Å². The second-order valence-corrected chi connectivity index (χ2v) is 6.31. The number of ketones is 2. The van der Waals surface area contributed by atoms with E-state index in [1.54, 1.807) is 0 Å². The van der Waals surface area contributed by atoms with Gasteiger partial charge in [0, 0.05) is 30.8 Å². The van der Waals surface area contributed by atoms with E-state index >= 15 is 0 Å². The molecule has 1 aliphatic carbocycles. The average molecular weight is 386 g/mol. The predicted octanol–water partition coefficient (Wildman–Crippen LogP) is -0.0700. The van der Waals surface area contributed by atoms with E-state index in [-0.39, 0.29) is 18.5 Å². The van der Waals surface area contributed by atoms with E-state index in [4.69, 9.17) is 10.2 Å². The summed E-state index contributed by atoms with van der Waals surface area (Å²) in [6.07, 6.45) is 6.03. The largest absolute Gasteiger partial charge is 0.480 e. The summed E-state index contributed by atoms with van der Waals surface area (Å²) in [7, 11) is 0. The van der Waals surface area contributed by atoms with Gasteiger partial charge < -0.3 is 20.2 Å². The molecule has 144 valence electrons. The number of carbonyl (C=O) groups is 5. The minimum atomic E-state index is -1.38. The molecule has 0 bridgehead atoms. The Morgan fingerprint density at radius 1 is 1.00 bits per heavy atom. The lowest BCUT2D eigenvalue weighted by Gasteiger charge is -2.22. The van der Waals surface area contributed by atoms with Gasteiger partial charge in [-0.1, -0.05) is 0 Å². The summed E-state index contributed by atoms with van der Waals surface area (Å²) in [6, 6.07) is -2.33. The number of carboxylic acids is 3. The first kappa shape index (κ1) is 19.0. The minimum Gasteiger partial charge on any atom is -0.480 e. The highest BCUT2D eigenvalue weighted by molar-refractivity contribution is 6.46. The second-order valence-electron chi connectivity index (χ2n) is 6.31. The van der Waals surface area contributed by atoms with Gasteiger partial charge in [-0.25, -0.2) is 14.4 Å². The maximum Gasteiger partial charge on any atom is 0.354 e. The summed E-state index contributed by atoms with van der Waals surface area (Å²) in [5.74, 6) is -5.34. The second kappa shape index (κ2) is 7.06. The third kappa shape index (κ3) is 3.52. The van der Waals surface area contributed by atoms with Crippen LogP contribution in [0.15, 0.2) is 52.3 Å². The van der Waals surface area contributed by atoms with Gasteiger partial charge in [-0.05, 0) is 29.4 Å². The van der Waals surface area contributed by atoms with E-state index in [0.717, 1.165) is 12.2 Å². The van der Waals surface area contributed by atoms with Crippen LogP contribution in [0.4, 0.5) is 0 Å². The molecule has 10 nitrogen and oxygen atoms in total. The molecule has 2 heterocycles. The van der Waals surface area contributed by atoms with Crippen LogP contribution in [-0.2, 0) is 24.0 Å². The molecule has 3 rings (SSSR count). The lowest BCUT2D eigenvalue weighted by Crippen LogP contribution is -2.31. The monoisotopic (exact) mass is 386 g/mol. The topological polar surface area (TPSA) is 162 Å².